The van der Waals surface area contributed by atoms with Gasteiger partial charge in [0.25, 0.3) is 10.0 Å². The zero-order chi connectivity index (χ0) is 14.9. The quantitative estimate of drug-likeness (QED) is 0.896. The highest BCUT2D eigenvalue weighted by Gasteiger charge is 2.28. The summed E-state index contributed by atoms with van der Waals surface area (Å²) < 4.78 is 32.5. The first-order chi connectivity index (χ1) is 10.1. The molecule has 1 aliphatic carbocycles. The van der Waals surface area contributed by atoms with Crippen molar-refractivity contribution in [2.24, 2.45) is 4.99 Å². The Balaban J connectivity index is 1.92. The van der Waals surface area contributed by atoms with Gasteiger partial charge in [-0.3, -0.25) is 0 Å². The molecule has 1 saturated carbocycles. The van der Waals surface area contributed by atoms with E-state index in [0.29, 0.717) is 24.0 Å². The zero-order valence-electron chi connectivity index (χ0n) is 11.9. The smallest absolute Gasteiger partial charge is 0.266 e. The molecule has 1 fully saturated rings. The Labute approximate surface area is 124 Å². The van der Waals surface area contributed by atoms with E-state index in [4.69, 9.17) is 4.74 Å². The van der Waals surface area contributed by atoms with Gasteiger partial charge >= 0.3 is 0 Å². The molecule has 21 heavy (non-hydrogen) atoms. The maximum absolute atomic E-state index is 12.3. The van der Waals surface area contributed by atoms with Gasteiger partial charge in [-0.05, 0) is 31.9 Å². The highest BCUT2D eigenvalue weighted by molar-refractivity contribution is 7.90. The van der Waals surface area contributed by atoms with Gasteiger partial charge < -0.3 is 10.1 Å². The number of sulfonamides is 1. The van der Waals surface area contributed by atoms with Crippen molar-refractivity contribution in [3.8, 4) is 5.75 Å². The van der Waals surface area contributed by atoms with Crippen molar-refractivity contribution >= 4 is 21.7 Å². The molecule has 2 N–H and O–H groups in total. The Kier molecular flexibility index (Phi) is 3.75. The second-order valence-corrected chi connectivity index (χ2v) is 6.89. The summed E-state index contributed by atoms with van der Waals surface area (Å²) in [6.45, 7) is 2.35. The first-order valence-corrected chi connectivity index (χ1v) is 8.71. The zero-order valence-corrected chi connectivity index (χ0v) is 12.7. The number of guanidine groups is 1. The van der Waals surface area contributed by atoms with Crippen molar-refractivity contribution in [3.05, 3.63) is 18.2 Å². The normalized spacial score (nSPS) is 22.4. The number of hydrogen-bond donors (Lipinski definition) is 2. The van der Waals surface area contributed by atoms with E-state index >= 15 is 0 Å². The van der Waals surface area contributed by atoms with E-state index in [1.54, 1.807) is 12.1 Å². The lowest BCUT2D eigenvalue weighted by Gasteiger charge is -2.22. The van der Waals surface area contributed by atoms with Crippen LogP contribution in [-0.2, 0) is 10.0 Å². The molecule has 0 unspecified atom stereocenters. The Bertz CT molecular complexity index is 664. The third-order valence-electron chi connectivity index (χ3n) is 3.67. The van der Waals surface area contributed by atoms with Crippen LogP contribution in [0.3, 0.4) is 0 Å². The lowest BCUT2D eigenvalue weighted by atomic mass is 10.3. The Morgan fingerprint density at radius 1 is 1.33 bits per heavy atom. The molecule has 114 valence electrons. The molecule has 6 nitrogen and oxygen atoms in total. The fraction of sp³-hybridized carbons (Fsp3) is 0.500. The van der Waals surface area contributed by atoms with Crippen LogP contribution in [0.15, 0.2) is 28.1 Å². The number of aliphatic imine (C=N–C) groups is 1. The molecule has 0 aromatic heterocycles. The van der Waals surface area contributed by atoms with E-state index in [0.717, 1.165) is 25.7 Å². The minimum absolute atomic E-state index is 0.193. The van der Waals surface area contributed by atoms with Gasteiger partial charge in [0.1, 0.15) is 10.6 Å². The summed E-state index contributed by atoms with van der Waals surface area (Å²) in [6, 6.07) is 5.20. The molecule has 3 rings (SSSR count). The number of benzene rings is 1. The number of nitrogens with zero attached hydrogens (tertiary/aromatic N) is 1. The van der Waals surface area contributed by atoms with Crippen LogP contribution in [0.5, 0.6) is 5.75 Å². The fourth-order valence-corrected chi connectivity index (χ4v) is 3.84. The Morgan fingerprint density at radius 2 is 2.10 bits per heavy atom. The molecular weight excluding hydrogens is 290 g/mol. The van der Waals surface area contributed by atoms with Crippen molar-refractivity contribution in [2.75, 3.05) is 11.9 Å². The van der Waals surface area contributed by atoms with Crippen LogP contribution in [0.2, 0.25) is 0 Å². The summed E-state index contributed by atoms with van der Waals surface area (Å²) in [5.41, 5.74) is 0.536. The van der Waals surface area contributed by atoms with Gasteiger partial charge in [0.2, 0.25) is 5.96 Å². The highest BCUT2D eigenvalue weighted by Crippen LogP contribution is 2.29. The number of rotatable bonds is 3. The van der Waals surface area contributed by atoms with Crippen molar-refractivity contribution < 1.29 is 13.2 Å². The van der Waals surface area contributed by atoms with Gasteiger partial charge in [0.15, 0.2) is 0 Å². The average Bonchev–Trinajstić information content (AvgIpc) is 2.92. The molecule has 1 heterocycles. The van der Waals surface area contributed by atoms with E-state index in [2.05, 4.69) is 15.0 Å². The van der Waals surface area contributed by atoms with Crippen molar-refractivity contribution in [3.63, 3.8) is 0 Å². The van der Waals surface area contributed by atoms with Crippen LogP contribution < -0.4 is 14.8 Å². The monoisotopic (exact) mass is 309 g/mol. The second kappa shape index (κ2) is 5.55. The van der Waals surface area contributed by atoms with Gasteiger partial charge in [0, 0.05) is 6.07 Å². The summed E-state index contributed by atoms with van der Waals surface area (Å²) in [4.78, 5) is 4.67. The SMILES string of the molecule is CCOc1ccc2c(c1)S(=O)(=O)NC(=NC1CCCC1)N2. The van der Waals surface area contributed by atoms with Crippen molar-refractivity contribution in [1.82, 2.24) is 4.72 Å². The molecule has 0 radical (unpaired) electrons. The maximum Gasteiger partial charge on any atom is 0.266 e. The minimum atomic E-state index is -3.60. The lowest BCUT2D eigenvalue weighted by molar-refractivity contribution is 0.339. The summed E-state index contributed by atoms with van der Waals surface area (Å²) in [6.07, 6.45) is 4.34. The van der Waals surface area contributed by atoms with Crippen molar-refractivity contribution in [2.45, 2.75) is 43.5 Å². The summed E-state index contributed by atoms with van der Waals surface area (Å²) >= 11 is 0. The van der Waals surface area contributed by atoms with E-state index in [9.17, 15) is 8.42 Å². The van der Waals surface area contributed by atoms with Crippen LogP contribution in [0, 0.1) is 0 Å². The third-order valence-corrected chi connectivity index (χ3v) is 5.05. The molecule has 1 aromatic rings. The number of hydrogen-bond acceptors (Lipinski definition) is 4. The molecular formula is C14H19N3O3S. The minimum Gasteiger partial charge on any atom is -0.494 e. The topological polar surface area (TPSA) is 79.8 Å². The second-order valence-electron chi connectivity index (χ2n) is 5.24. The predicted molar refractivity (Wildman–Crippen MR) is 81.2 cm³/mol. The van der Waals surface area contributed by atoms with E-state index in [1.165, 1.54) is 6.07 Å². The molecule has 1 aliphatic heterocycles. The number of anilines is 1. The molecule has 0 atom stereocenters. The van der Waals surface area contributed by atoms with Crippen LogP contribution in [0.25, 0.3) is 0 Å². The maximum atomic E-state index is 12.3. The lowest BCUT2D eigenvalue weighted by Crippen LogP contribution is -2.41. The van der Waals surface area contributed by atoms with Gasteiger partial charge in [-0.25, -0.2) is 18.1 Å². The summed E-state index contributed by atoms with van der Waals surface area (Å²) in [7, 11) is -3.60. The standard InChI is InChI=1S/C14H19N3O3S/c1-2-20-11-7-8-12-13(9-11)21(18,19)17-14(16-12)15-10-5-3-4-6-10/h7-10H,2-6H2,1H3,(H2,15,16,17). The van der Waals surface area contributed by atoms with Crippen LogP contribution >= 0.6 is 0 Å². The molecule has 0 saturated heterocycles. The fourth-order valence-electron chi connectivity index (χ4n) is 2.69. The first kappa shape index (κ1) is 14.2. The van der Waals surface area contributed by atoms with E-state index in [-0.39, 0.29) is 10.9 Å². The Hall–Kier alpha value is -1.76. The first-order valence-electron chi connectivity index (χ1n) is 7.23. The summed E-state index contributed by atoms with van der Waals surface area (Å²) in [5, 5.41) is 3.05. The average molecular weight is 309 g/mol. The molecule has 7 heteroatoms. The highest BCUT2D eigenvalue weighted by atomic mass is 32.2. The summed E-state index contributed by atoms with van der Waals surface area (Å²) in [5.74, 6) is 0.859. The number of fused-ring (bicyclic) bond motifs is 1. The molecule has 2 aliphatic rings. The van der Waals surface area contributed by atoms with Crippen molar-refractivity contribution in [1.29, 1.82) is 0 Å². The number of nitrogens with one attached hydrogen (secondary N) is 2. The van der Waals surface area contributed by atoms with E-state index < -0.39 is 10.0 Å². The van der Waals surface area contributed by atoms with Gasteiger partial charge in [-0.1, -0.05) is 12.8 Å². The van der Waals surface area contributed by atoms with Crippen LogP contribution in [-0.4, -0.2) is 27.0 Å². The number of ether oxygens (including phenoxy) is 1. The van der Waals surface area contributed by atoms with E-state index in [1.807, 2.05) is 6.92 Å². The predicted octanol–water partition coefficient (Wildman–Crippen LogP) is 2.09. The Morgan fingerprint density at radius 3 is 2.81 bits per heavy atom. The van der Waals surface area contributed by atoms with Crippen LogP contribution in [0.1, 0.15) is 32.6 Å². The third kappa shape index (κ3) is 2.97. The largest absolute Gasteiger partial charge is 0.494 e. The molecule has 0 bridgehead atoms. The van der Waals surface area contributed by atoms with Gasteiger partial charge in [-0.15, -0.1) is 0 Å². The molecule has 0 spiro atoms. The van der Waals surface area contributed by atoms with Gasteiger partial charge in [0.05, 0.1) is 18.3 Å². The molecule has 1 aromatic carbocycles. The van der Waals surface area contributed by atoms with Gasteiger partial charge in [-0.2, -0.15) is 0 Å². The van der Waals surface area contributed by atoms with Crippen LogP contribution in [0.4, 0.5) is 5.69 Å². The molecule has 0 amide bonds.